The van der Waals surface area contributed by atoms with E-state index in [9.17, 15) is 10.2 Å². The Hall–Kier alpha value is -1.03. The molecule has 7 nitrogen and oxygen atoms in total. The van der Waals surface area contributed by atoms with E-state index in [1.165, 1.54) is 6.07 Å². The fourth-order valence-corrected chi connectivity index (χ4v) is 1.18. The minimum atomic E-state index is -2.52. The average Bonchev–Trinajstić information content (AvgIpc) is 2.39. The van der Waals surface area contributed by atoms with Crippen LogP contribution in [0.3, 0.4) is 0 Å². The maximum atomic E-state index is 9.48. The fourth-order valence-electron chi connectivity index (χ4n) is 1.18. The lowest BCUT2D eigenvalue weighted by Gasteiger charge is -2.10. The number of phenols is 1. The van der Waals surface area contributed by atoms with Crippen molar-refractivity contribution < 1.29 is 33.7 Å². The average molecular weight is 280 g/mol. The van der Waals surface area contributed by atoms with Gasteiger partial charge in [-0.1, -0.05) is 13.0 Å². The van der Waals surface area contributed by atoms with Crippen molar-refractivity contribution in [1.82, 2.24) is 0 Å². The number of hydrogen-bond donors (Lipinski definition) is 5. The molecule has 18 heavy (non-hydrogen) atoms. The highest BCUT2D eigenvalue weighted by atomic mass is 32.2. The maximum absolute atomic E-state index is 9.48. The predicted octanol–water partition coefficient (Wildman–Crippen LogP) is 0.941. The summed E-state index contributed by atoms with van der Waals surface area (Å²) in [5.74, 6) is 0.0644. The summed E-state index contributed by atoms with van der Waals surface area (Å²) < 4.78 is 19.1. The summed E-state index contributed by atoms with van der Waals surface area (Å²) in [7, 11) is 0. The minimum Gasteiger partial charge on any atom is -0.508 e. The van der Waals surface area contributed by atoms with Crippen molar-refractivity contribution in [3.05, 3.63) is 29.3 Å². The van der Waals surface area contributed by atoms with Crippen molar-refractivity contribution in [2.45, 2.75) is 26.1 Å². The number of rotatable bonds is 4. The molecule has 0 amide bonds. The molecule has 0 aliphatic carbocycles. The summed E-state index contributed by atoms with van der Waals surface area (Å²) in [5.41, 5.74) is 1.18. The van der Waals surface area contributed by atoms with Crippen LogP contribution in [-0.2, 0) is 22.3 Å². The second-order valence-corrected chi connectivity index (χ2v) is 3.85. The summed E-state index contributed by atoms with van der Waals surface area (Å²) in [6.45, 7) is 1.66. The highest BCUT2D eigenvalue weighted by Crippen LogP contribution is 2.23. The zero-order chi connectivity index (χ0) is 14.1. The van der Waals surface area contributed by atoms with Gasteiger partial charge in [0.05, 0.1) is 12.7 Å². The van der Waals surface area contributed by atoms with E-state index in [0.29, 0.717) is 12.0 Å². The Morgan fingerprint density at radius 3 is 2.39 bits per heavy atom. The van der Waals surface area contributed by atoms with Crippen LogP contribution in [0.15, 0.2) is 18.2 Å². The molecule has 0 aromatic heterocycles. The summed E-state index contributed by atoms with van der Waals surface area (Å²) in [5, 5.41) is 34.7. The molecule has 0 spiro atoms. The number of aromatic hydroxyl groups is 1. The second-order valence-electron chi connectivity index (χ2n) is 3.26. The summed E-state index contributed by atoms with van der Waals surface area (Å²) in [4.78, 5) is 0. The molecule has 1 aromatic carbocycles. The Labute approximate surface area is 107 Å². The molecule has 2 atom stereocenters. The Balaban J connectivity index is 0.000000494. The van der Waals surface area contributed by atoms with Gasteiger partial charge in [0.1, 0.15) is 5.75 Å². The maximum Gasteiger partial charge on any atom is 0.330 e. The Morgan fingerprint density at radius 2 is 2.00 bits per heavy atom. The molecule has 0 aliphatic rings. The molecule has 8 heteroatoms. The topological polar surface area (TPSA) is 127 Å². The first-order chi connectivity index (χ1) is 8.46. The molecule has 0 radical (unpaired) electrons. The summed E-state index contributed by atoms with van der Waals surface area (Å²) in [6, 6.07) is 4.76. The van der Waals surface area contributed by atoms with Gasteiger partial charge >= 0.3 is 11.4 Å². The standard InChI is InChI=1S/C10H14O3.H2O4S/c1-2-9(12)7-3-4-10(13)8(5-7)6-11;1-4-5(2)3/h3-5,9,11-13H,2,6H2,1H3;1H,(H,2,3)/t9-;/m0./s1. The zero-order valence-electron chi connectivity index (χ0n) is 9.68. The van der Waals surface area contributed by atoms with Crippen LogP contribution in [0.25, 0.3) is 0 Å². The lowest BCUT2D eigenvalue weighted by molar-refractivity contribution is -0.131. The van der Waals surface area contributed by atoms with E-state index in [1.807, 2.05) is 6.92 Å². The second kappa shape index (κ2) is 8.97. The third-order valence-electron chi connectivity index (χ3n) is 2.11. The SMILES string of the molecule is CC[C@H](O)c1ccc(O)c(CO)c1.O=S(O)OO. The molecular formula is C10H16O7S. The van der Waals surface area contributed by atoms with E-state index < -0.39 is 17.5 Å². The molecular weight excluding hydrogens is 264 g/mol. The first-order valence-electron chi connectivity index (χ1n) is 4.99. The molecule has 1 unspecified atom stereocenters. The van der Waals surface area contributed by atoms with Crippen LogP contribution in [0.4, 0.5) is 0 Å². The van der Waals surface area contributed by atoms with E-state index in [1.54, 1.807) is 12.1 Å². The van der Waals surface area contributed by atoms with Gasteiger partial charge in [-0.2, -0.15) is 4.21 Å². The molecule has 0 saturated heterocycles. The first-order valence-corrected chi connectivity index (χ1v) is 6.02. The van der Waals surface area contributed by atoms with Gasteiger partial charge in [0, 0.05) is 5.56 Å². The third-order valence-corrected chi connectivity index (χ3v) is 2.24. The van der Waals surface area contributed by atoms with Gasteiger partial charge in [-0.05, 0) is 24.1 Å². The molecule has 5 N–H and O–H groups in total. The van der Waals surface area contributed by atoms with Crippen molar-refractivity contribution in [1.29, 1.82) is 0 Å². The van der Waals surface area contributed by atoms with Crippen LogP contribution in [0.2, 0.25) is 0 Å². The smallest absolute Gasteiger partial charge is 0.330 e. The van der Waals surface area contributed by atoms with Crippen LogP contribution >= 0.6 is 0 Å². The Bertz CT molecular complexity index is 382. The van der Waals surface area contributed by atoms with E-state index in [0.717, 1.165) is 5.56 Å². The lowest BCUT2D eigenvalue weighted by atomic mass is 10.0. The van der Waals surface area contributed by atoms with Crippen LogP contribution < -0.4 is 0 Å². The normalized spacial score (nSPS) is 13.4. The monoisotopic (exact) mass is 280 g/mol. The number of aliphatic hydroxyl groups excluding tert-OH is 2. The summed E-state index contributed by atoms with van der Waals surface area (Å²) >= 11 is -2.52. The van der Waals surface area contributed by atoms with Crippen molar-refractivity contribution in [2.75, 3.05) is 0 Å². The molecule has 0 heterocycles. The van der Waals surface area contributed by atoms with Gasteiger partial charge < -0.3 is 15.3 Å². The van der Waals surface area contributed by atoms with E-state index in [4.69, 9.17) is 19.1 Å². The van der Waals surface area contributed by atoms with Gasteiger partial charge in [0.15, 0.2) is 0 Å². The highest BCUT2D eigenvalue weighted by molar-refractivity contribution is 7.74. The highest BCUT2D eigenvalue weighted by Gasteiger charge is 2.07. The first kappa shape index (κ1) is 17.0. The number of hydrogen-bond acceptors (Lipinski definition) is 6. The molecule has 1 aromatic rings. The van der Waals surface area contributed by atoms with Gasteiger partial charge in [-0.25, -0.2) is 5.26 Å². The Morgan fingerprint density at radius 1 is 1.44 bits per heavy atom. The molecule has 0 bridgehead atoms. The van der Waals surface area contributed by atoms with Crippen LogP contribution in [-0.4, -0.2) is 29.3 Å². The minimum absolute atomic E-state index is 0.0644. The van der Waals surface area contributed by atoms with Crippen LogP contribution in [0.5, 0.6) is 5.75 Å². The van der Waals surface area contributed by atoms with Crippen molar-refractivity contribution >= 4 is 11.4 Å². The largest absolute Gasteiger partial charge is 0.508 e. The zero-order valence-corrected chi connectivity index (χ0v) is 10.5. The Kier molecular flexibility index (Phi) is 8.46. The lowest BCUT2D eigenvalue weighted by Crippen LogP contribution is -1.96. The van der Waals surface area contributed by atoms with Gasteiger partial charge in [0.25, 0.3) is 0 Å². The van der Waals surface area contributed by atoms with E-state index in [-0.39, 0.29) is 12.4 Å². The number of benzene rings is 1. The quantitative estimate of drug-likeness (QED) is 0.315. The number of aliphatic hydroxyl groups is 2. The van der Waals surface area contributed by atoms with Crippen molar-refractivity contribution in [3.8, 4) is 5.75 Å². The van der Waals surface area contributed by atoms with Gasteiger partial charge in [0.2, 0.25) is 0 Å². The predicted molar refractivity (Wildman–Crippen MR) is 63.8 cm³/mol. The van der Waals surface area contributed by atoms with Crippen LogP contribution in [0, 0.1) is 0 Å². The fraction of sp³-hybridized carbons (Fsp3) is 0.400. The van der Waals surface area contributed by atoms with Gasteiger partial charge in [-0.15, -0.1) is 4.33 Å². The van der Waals surface area contributed by atoms with Gasteiger partial charge in [-0.3, -0.25) is 4.55 Å². The molecule has 0 fully saturated rings. The van der Waals surface area contributed by atoms with E-state index in [2.05, 4.69) is 4.33 Å². The van der Waals surface area contributed by atoms with E-state index >= 15 is 0 Å². The molecule has 0 aliphatic heterocycles. The molecule has 1 rings (SSSR count). The molecule has 104 valence electrons. The third kappa shape index (κ3) is 6.05. The molecule has 0 saturated carbocycles. The summed E-state index contributed by atoms with van der Waals surface area (Å²) in [6.07, 6.45) is 0.0984. The van der Waals surface area contributed by atoms with Crippen LogP contribution in [0.1, 0.15) is 30.6 Å². The van der Waals surface area contributed by atoms with Crippen molar-refractivity contribution in [3.63, 3.8) is 0 Å². The van der Waals surface area contributed by atoms with Crippen molar-refractivity contribution in [2.24, 2.45) is 0 Å².